The van der Waals surface area contributed by atoms with Gasteiger partial charge in [-0.15, -0.1) is 0 Å². The summed E-state index contributed by atoms with van der Waals surface area (Å²) in [5.74, 6) is 0.128. The molecule has 5 heteroatoms. The highest BCUT2D eigenvalue weighted by molar-refractivity contribution is 5.77. The first-order chi connectivity index (χ1) is 10.2. The fraction of sp³-hybridized carbons (Fsp3) is 0.938. The maximum atomic E-state index is 11.8. The third-order valence-electron chi connectivity index (χ3n) is 4.55. The molecular weight excluding hydrogens is 266 g/mol. The van der Waals surface area contributed by atoms with Crippen LogP contribution in [-0.4, -0.2) is 55.7 Å². The molecule has 5 nitrogen and oxygen atoms in total. The Balaban J connectivity index is 1.45. The van der Waals surface area contributed by atoms with Gasteiger partial charge in [-0.05, 0) is 32.1 Å². The highest BCUT2D eigenvalue weighted by Gasteiger charge is 2.18. The molecule has 0 radical (unpaired) electrons. The Morgan fingerprint density at radius 2 is 1.86 bits per heavy atom. The maximum absolute atomic E-state index is 11.8. The third kappa shape index (κ3) is 6.76. The molecule has 0 aromatic heterocycles. The van der Waals surface area contributed by atoms with Gasteiger partial charge in [0.15, 0.2) is 0 Å². The summed E-state index contributed by atoms with van der Waals surface area (Å²) in [5.41, 5.74) is 5.86. The number of piperidine rings is 1. The summed E-state index contributed by atoms with van der Waals surface area (Å²) < 4.78 is 5.85. The molecule has 2 aliphatic rings. The third-order valence-corrected chi connectivity index (χ3v) is 4.55. The number of nitrogens with one attached hydrogen (secondary N) is 1. The zero-order valence-corrected chi connectivity index (χ0v) is 13.2. The van der Waals surface area contributed by atoms with Gasteiger partial charge in [0, 0.05) is 32.3 Å². The van der Waals surface area contributed by atoms with E-state index in [4.69, 9.17) is 10.5 Å². The van der Waals surface area contributed by atoms with Crippen LogP contribution in [0.5, 0.6) is 0 Å². The smallest absolute Gasteiger partial charge is 0.234 e. The number of likely N-dealkylation sites (tertiary alicyclic amines) is 1. The van der Waals surface area contributed by atoms with Crippen LogP contribution in [0.3, 0.4) is 0 Å². The summed E-state index contributed by atoms with van der Waals surface area (Å²) in [6.07, 6.45) is 9.77. The van der Waals surface area contributed by atoms with E-state index in [0.717, 1.165) is 45.5 Å². The monoisotopic (exact) mass is 297 g/mol. The molecule has 1 aliphatic heterocycles. The van der Waals surface area contributed by atoms with Gasteiger partial charge in [0.2, 0.25) is 5.91 Å². The van der Waals surface area contributed by atoms with Crippen LogP contribution in [0, 0.1) is 0 Å². The van der Waals surface area contributed by atoms with Crippen molar-refractivity contribution in [3.05, 3.63) is 0 Å². The van der Waals surface area contributed by atoms with Gasteiger partial charge in [-0.3, -0.25) is 9.69 Å². The number of rotatable bonds is 7. The minimum Gasteiger partial charge on any atom is -0.378 e. The van der Waals surface area contributed by atoms with Gasteiger partial charge in [0.25, 0.3) is 0 Å². The van der Waals surface area contributed by atoms with Crippen LogP contribution in [0.2, 0.25) is 0 Å². The predicted octanol–water partition coefficient (Wildman–Crippen LogP) is 1.27. The first kappa shape index (κ1) is 16.7. The van der Waals surface area contributed by atoms with Crippen molar-refractivity contribution in [1.82, 2.24) is 10.2 Å². The van der Waals surface area contributed by atoms with Gasteiger partial charge in [-0.1, -0.05) is 19.3 Å². The molecule has 1 aliphatic carbocycles. The van der Waals surface area contributed by atoms with E-state index in [0.29, 0.717) is 18.7 Å². The average Bonchev–Trinajstić information content (AvgIpc) is 2.50. The second kappa shape index (κ2) is 9.38. The average molecular weight is 297 g/mol. The van der Waals surface area contributed by atoms with Gasteiger partial charge >= 0.3 is 0 Å². The second-order valence-electron chi connectivity index (χ2n) is 6.45. The number of hydrogen-bond acceptors (Lipinski definition) is 4. The molecule has 0 unspecified atom stereocenters. The van der Waals surface area contributed by atoms with Gasteiger partial charge in [-0.25, -0.2) is 0 Å². The lowest BCUT2D eigenvalue weighted by Gasteiger charge is -2.29. The van der Waals surface area contributed by atoms with Gasteiger partial charge < -0.3 is 15.8 Å². The molecular formula is C16H31N3O2. The van der Waals surface area contributed by atoms with E-state index < -0.39 is 0 Å². The summed E-state index contributed by atoms with van der Waals surface area (Å²) in [6, 6.07) is 0.321. The normalized spacial score (nSPS) is 22.3. The fourth-order valence-corrected chi connectivity index (χ4v) is 3.15. The Morgan fingerprint density at radius 3 is 2.57 bits per heavy atom. The standard InChI is InChI=1S/C16H31N3O2/c17-14-7-10-19(11-8-14)13-16(20)18-9-4-12-21-15-5-2-1-3-6-15/h14-15H,1-13,17H2,(H,18,20). The van der Waals surface area contributed by atoms with Gasteiger partial charge in [-0.2, -0.15) is 0 Å². The Labute approximate surface area is 128 Å². The first-order valence-corrected chi connectivity index (χ1v) is 8.60. The lowest BCUT2D eigenvalue weighted by atomic mass is 9.98. The molecule has 3 N–H and O–H groups in total. The Kier molecular flexibility index (Phi) is 7.47. The molecule has 1 saturated carbocycles. The molecule has 0 spiro atoms. The van der Waals surface area contributed by atoms with E-state index in [1.54, 1.807) is 0 Å². The molecule has 0 bridgehead atoms. The van der Waals surface area contributed by atoms with Crippen molar-refractivity contribution in [2.45, 2.75) is 63.5 Å². The maximum Gasteiger partial charge on any atom is 0.234 e. The van der Waals surface area contributed by atoms with Crippen LogP contribution in [0.15, 0.2) is 0 Å². The number of ether oxygens (including phenoxy) is 1. The van der Waals surface area contributed by atoms with Gasteiger partial charge in [0.1, 0.15) is 0 Å². The van der Waals surface area contributed by atoms with E-state index in [2.05, 4.69) is 10.2 Å². The Bertz CT molecular complexity index is 298. The van der Waals surface area contributed by atoms with Crippen molar-refractivity contribution in [3.8, 4) is 0 Å². The number of hydrogen-bond donors (Lipinski definition) is 2. The van der Waals surface area contributed by atoms with Crippen molar-refractivity contribution in [3.63, 3.8) is 0 Å². The number of carbonyl (C=O) groups is 1. The van der Waals surface area contributed by atoms with Crippen LogP contribution >= 0.6 is 0 Å². The topological polar surface area (TPSA) is 67.6 Å². The van der Waals surface area contributed by atoms with Gasteiger partial charge in [0.05, 0.1) is 12.6 Å². The molecule has 122 valence electrons. The number of nitrogens with zero attached hydrogens (tertiary/aromatic N) is 1. The quantitative estimate of drug-likeness (QED) is 0.694. The largest absolute Gasteiger partial charge is 0.378 e. The molecule has 1 amide bonds. The van der Waals surface area contributed by atoms with Crippen LogP contribution in [0.25, 0.3) is 0 Å². The second-order valence-corrected chi connectivity index (χ2v) is 6.45. The van der Waals surface area contributed by atoms with E-state index in [9.17, 15) is 4.79 Å². The van der Waals surface area contributed by atoms with Crippen molar-refractivity contribution in [1.29, 1.82) is 0 Å². The minimum absolute atomic E-state index is 0.128. The molecule has 1 saturated heterocycles. The SMILES string of the molecule is NC1CCN(CC(=O)NCCCOC2CCCCC2)CC1. The van der Waals surface area contributed by atoms with Crippen molar-refractivity contribution < 1.29 is 9.53 Å². The predicted molar refractivity (Wildman–Crippen MR) is 84.1 cm³/mol. The molecule has 0 aromatic carbocycles. The molecule has 1 heterocycles. The number of nitrogens with two attached hydrogens (primary N) is 1. The summed E-state index contributed by atoms with van der Waals surface area (Å²) in [7, 11) is 0. The number of amides is 1. The number of carbonyl (C=O) groups excluding carboxylic acids is 1. The van der Waals surface area contributed by atoms with Crippen molar-refractivity contribution >= 4 is 5.91 Å². The van der Waals surface area contributed by atoms with E-state index >= 15 is 0 Å². The van der Waals surface area contributed by atoms with Crippen LogP contribution < -0.4 is 11.1 Å². The zero-order valence-electron chi connectivity index (χ0n) is 13.2. The highest BCUT2D eigenvalue weighted by atomic mass is 16.5. The Hall–Kier alpha value is -0.650. The van der Waals surface area contributed by atoms with E-state index in [1.807, 2.05) is 0 Å². The lowest BCUT2D eigenvalue weighted by molar-refractivity contribution is -0.122. The summed E-state index contributed by atoms with van der Waals surface area (Å²) in [4.78, 5) is 14.0. The lowest BCUT2D eigenvalue weighted by Crippen LogP contribution is -2.44. The zero-order chi connectivity index (χ0) is 14.9. The van der Waals surface area contributed by atoms with Crippen LogP contribution in [0.1, 0.15) is 51.4 Å². The summed E-state index contributed by atoms with van der Waals surface area (Å²) in [5, 5.41) is 2.99. The fourth-order valence-electron chi connectivity index (χ4n) is 3.15. The summed E-state index contributed by atoms with van der Waals surface area (Å²) >= 11 is 0. The summed E-state index contributed by atoms with van der Waals surface area (Å²) in [6.45, 7) is 3.89. The molecule has 2 rings (SSSR count). The van der Waals surface area contributed by atoms with E-state index in [1.165, 1.54) is 32.1 Å². The molecule has 2 fully saturated rings. The first-order valence-electron chi connectivity index (χ1n) is 8.60. The van der Waals surface area contributed by atoms with Crippen LogP contribution in [-0.2, 0) is 9.53 Å². The van der Waals surface area contributed by atoms with Crippen molar-refractivity contribution in [2.75, 3.05) is 32.8 Å². The minimum atomic E-state index is 0.128. The van der Waals surface area contributed by atoms with E-state index in [-0.39, 0.29) is 5.91 Å². The van der Waals surface area contributed by atoms with Crippen LogP contribution in [0.4, 0.5) is 0 Å². The molecule has 0 aromatic rings. The van der Waals surface area contributed by atoms with Crippen molar-refractivity contribution in [2.24, 2.45) is 5.73 Å². The molecule has 21 heavy (non-hydrogen) atoms. The Morgan fingerprint density at radius 1 is 1.14 bits per heavy atom. The molecule has 0 atom stereocenters. The highest BCUT2D eigenvalue weighted by Crippen LogP contribution is 2.20.